The number of H-pyrrole nitrogens is 2. The van der Waals surface area contributed by atoms with Crippen LogP contribution in [-0.4, -0.2) is 16.2 Å². The Morgan fingerprint density at radius 1 is 1.05 bits per heavy atom. The van der Waals surface area contributed by atoms with E-state index in [-0.39, 0.29) is 0 Å². The molecule has 214 valence electrons. The Kier molecular flexibility index (Phi) is 10.4. The minimum Gasteiger partial charge on any atom is -0.402 e. The van der Waals surface area contributed by atoms with Gasteiger partial charge in [-0.2, -0.15) is 0 Å². The van der Waals surface area contributed by atoms with Crippen molar-refractivity contribution in [2.75, 3.05) is 5.32 Å². The van der Waals surface area contributed by atoms with Crippen molar-refractivity contribution in [1.82, 2.24) is 9.97 Å². The minimum atomic E-state index is 0.682. The van der Waals surface area contributed by atoms with Gasteiger partial charge in [-0.25, -0.2) is 0 Å². The first-order chi connectivity index (χ1) is 20.4. The van der Waals surface area contributed by atoms with Crippen molar-refractivity contribution in [3.05, 3.63) is 160 Å². The van der Waals surface area contributed by atoms with E-state index < -0.39 is 0 Å². The zero-order valence-corrected chi connectivity index (χ0v) is 24.8. The summed E-state index contributed by atoms with van der Waals surface area (Å²) in [5, 5.41) is 11.0. The SMILES string of the molecule is C=C1/C=C\Nc2[nH]ccc2/C=C1/C1=C/c2cc[nH]c2CC(=C\C=N)/C=C/C=C/C(C(=C/C(CC)=C(/C)N)/C/C=C\C)=C1. The first-order valence-corrected chi connectivity index (χ1v) is 14.4. The molecule has 2 aromatic rings. The molecule has 4 rings (SSSR count). The van der Waals surface area contributed by atoms with E-state index in [1.807, 2.05) is 50.7 Å². The molecule has 3 heterocycles. The number of nitrogens with one attached hydrogen (secondary N) is 4. The summed E-state index contributed by atoms with van der Waals surface area (Å²) in [6.45, 7) is 10.6. The predicted molar refractivity (Wildman–Crippen MR) is 181 cm³/mol. The molecular formula is C37H41N5. The quantitative estimate of drug-likeness (QED) is 0.134. The van der Waals surface area contributed by atoms with Crippen molar-refractivity contribution >= 4 is 24.2 Å². The van der Waals surface area contributed by atoms with Crippen LogP contribution < -0.4 is 11.1 Å². The lowest BCUT2D eigenvalue weighted by atomic mass is 9.89. The van der Waals surface area contributed by atoms with E-state index in [0.717, 1.165) is 74.6 Å². The summed E-state index contributed by atoms with van der Waals surface area (Å²) in [6.07, 6.45) is 34.8. The van der Waals surface area contributed by atoms with Gasteiger partial charge < -0.3 is 26.4 Å². The highest BCUT2D eigenvalue weighted by Crippen LogP contribution is 2.33. The minimum absolute atomic E-state index is 0.682. The molecule has 1 aliphatic carbocycles. The molecular weight excluding hydrogens is 514 g/mol. The zero-order valence-electron chi connectivity index (χ0n) is 24.8. The third kappa shape index (κ3) is 7.58. The molecule has 5 nitrogen and oxygen atoms in total. The van der Waals surface area contributed by atoms with Crippen molar-refractivity contribution < 1.29 is 0 Å². The molecule has 42 heavy (non-hydrogen) atoms. The summed E-state index contributed by atoms with van der Waals surface area (Å²) in [7, 11) is 0. The van der Waals surface area contributed by atoms with E-state index in [9.17, 15) is 0 Å². The molecule has 0 spiro atoms. The van der Waals surface area contributed by atoms with E-state index in [4.69, 9.17) is 11.1 Å². The number of anilines is 1. The van der Waals surface area contributed by atoms with E-state index in [1.165, 1.54) is 11.8 Å². The van der Waals surface area contributed by atoms with E-state index >= 15 is 0 Å². The van der Waals surface area contributed by atoms with Gasteiger partial charge in [0.05, 0.1) is 0 Å². The second kappa shape index (κ2) is 14.6. The van der Waals surface area contributed by atoms with Gasteiger partial charge in [0, 0.05) is 48.2 Å². The molecule has 0 amide bonds. The Balaban J connectivity index is 2.04. The Morgan fingerprint density at radius 2 is 1.83 bits per heavy atom. The number of allylic oxidation sites excluding steroid dienone is 18. The fourth-order valence-corrected chi connectivity index (χ4v) is 4.98. The molecule has 0 atom stereocenters. The van der Waals surface area contributed by atoms with E-state index in [0.29, 0.717) is 6.42 Å². The summed E-state index contributed by atoms with van der Waals surface area (Å²) in [5.41, 5.74) is 17.8. The van der Waals surface area contributed by atoms with Crippen molar-refractivity contribution in [1.29, 1.82) is 5.41 Å². The molecule has 0 fully saturated rings. The molecule has 6 N–H and O–H groups in total. The maximum atomic E-state index is 7.69. The first kappa shape index (κ1) is 29.9. The molecule has 0 bridgehead atoms. The molecule has 2 aromatic heterocycles. The Bertz CT molecular complexity index is 1630. The number of rotatable bonds is 7. The zero-order chi connectivity index (χ0) is 29.9. The monoisotopic (exact) mass is 555 g/mol. The topological polar surface area (TPSA) is 93.5 Å². The van der Waals surface area contributed by atoms with Crippen LogP contribution in [0.15, 0.2) is 143 Å². The van der Waals surface area contributed by atoms with Crippen molar-refractivity contribution in [2.45, 2.75) is 40.0 Å². The Hall–Kier alpha value is -5.03. The highest BCUT2D eigenvalue weighted by atomic mass is 15.0. The van der Waals surface area contributed by atoms with Gasteiger partial charge in [-0.1, -0.05) is 56.0 Å². The lowest BCUT2D eigenvalue weighted by Crippen LogP contribution is -2.00. The van der Waals surface area contributed by atoms with Crippen LogP contribution in [0.1, 0.15) is 50.4 Å². The maximum Gasteiger partial charge on any atom is 0.114 e. The average Bonchev–Trinajstić information content (AvgIpc) is 3.59. The van der Waals surface area contributed by atoms with Crippen LogP contribution in [0.4, 0.5) is 5.82 Å². The Labute approximate surface area is 249 Å². The fraction of sp³-hybridized carbons (Fsp3) is 0.162. The highest BCUT2D eigenvalue weighted by molar-refractivity contribution is 5.80. The predicted octanol–water partition coefficient (Wildman–Crippen LogP) is 9.01. The van der Waals surface area contributed by atoms with Crippen LogP contribution in [0, 0.1) is 5.41 Å². The van der Waals surface area contributed by atoms with Crippen LogP contribution >= 0.6 is 0 Å². The van der Waals surface area contributed by atoms with Crippen molar-refractivity contribution in [3.8, 4) is 0 Å². The number of nitrogens with two attached hydrogens (primary N) is 1. The molecule has 0 aromatic carbocycles. The van der Waals surface area contributed by atoms with Crippen LogP contribution in [0.5, 0.6) is 0 Å². The summed E-state index contributed by atoms with van der Waals surface area (Å²) in [5.74, 6) is 0.938. The molecule has 2 aliphatic rings. The second-order valence-electron chi connectivity index (χ2n) is 10.3. The number of hydrogen-bond acceptors (Lipinski definition) is 3. The standard InChI is InChI=1S/C37H41N5/c1-5-7-11-30(22-29(6-2)27(4)39)31-12-9-8-10-28(13-17-38)21-36-32(15-19-40-36)24-34(23-31)35-25-33-16-20-42-37(33)41-18-14-26(35)3/h5,7-10,12-20,22-25,38,40-42H,3,6,11,21,39H2,1-2,4H3/b7-5-,10-8+,12-9+,18-14-,28-13-,29-27-,30-22+,31-23?,34-24+,35-25+,38-17?. The van der Waals surface area contributed by atoms with E-state index in [2.05, 4.69) is 95.6 Å². The summed E-state index contributed by atoms with van der Waals surface area (Å²) >= 11 is 0. The normalized spacial score (nSPS) is 22.4. The van der Waals surface area contributed by atoms with Gasteiger partial charge in [0.1, 0.15) is 5.82 Å². The summed E-state index contributed by atoms with van der Waals surface area (Å²) in [6, 6.07) is 4.17. The second-order valence-corrected chi connectivity index (χ2v) is 10.3. The lowest BCUT2D eigenvalue weighted by molar-refractivity contribution is 1.07. The van der Waals surface area contributed by atoms with Crippen LogP contribution in [0.3, 0.4) is 0 Å². The first-order valence-electron chi connectivity index (χ1n) is 14.4. The largest absolute Gasteiger partial charge is 0.402 e. The number of aromatic amines is 2. The molecule has 1 aliphatic heterocycles. The van der Waals surface area contributed by atoms with Gasteiger partial charge in [0.25, 0.3) is 0 Å². The van der Waals surface area contributed by atoms with Gasteiger partial charge in [-0.05, 0) is 114 Å². The fourth-order valence-electron chi connectivity index (χ4n) is 4.98. The van der Waals surface area contributed by atoms with Gasteiger partial charge in [0.15, 0.2) is 0 Å². The third-order valence-corrected chi connectivity index (χ3v) is 7.29. The maximum absolute atomic E-state index is 7.69. The highest BCUT2D eigenvalue weighted by Gasteiger charge is 2.15. The number of aromatic nitrogens is 2. The average molecular weight is 556 g/mol. The van der Waals surface area contributed by atoms with Crippen LogP contribution in [-0.2, 0) is 6.42 Å². The number of fused-ring (bicyclic) bond motifs is 2. The van der Waals surface area contributed by atoms with E-state index in [1.54, 1.807) is 0 Å². The van der Waals surface area contributed by atoms with Gasteiger partial charge >= 0.3 is 0 Å². The molecule has 0 saturated carbocycles. The summed E-state index contributed by atoms with van der Waals surface area (Å²) < 4.78 is 0. The molecule has 0 unspecified atom stereocenters. The van der Waals surface area contributed by atoms with Crippen molar-refractivity contribution in [3.63, 3.8) is 0 Å². The van der Waals surface area contributed by atoms with Gasteiger partial charge in [0.2, 0.25) is 0 Å². The number of hydrogen-bond donors (Lipinski definition) is 5. The molecule has 0 saturated heterocycles. The Morgan fingerprint density at radius 3 is 2.60 bits per heavy atom. The summed E-state index contributed by atoms with van der Waals surface area (Å²) in [4.78, 5) is 6.71. The lowest BCUT2D eigenvalue weighted by Gasteiger charge is -2.17. The van der Waals surface area contributed by atoms with Crippen LogP contribution in [0.25, 0.3) is 12.2 Å². The van der Waals surface area contributed by atoms with Gasteiger partial charge in [-0.3, -0.25) is 0 Å². The third-order valence-electron chi connectivity index (χ3n) is 7.29. The molecule has 0 radical (unpaired) electrons. The van der Waals surface area contributed by atoms with Crippen LogP contribution in [0.2, 0.25) is 0 Å². The smallest absolute Gasteiger partial charge is 0.114 e. The molecule has 5 heteroatoms. The van der Waals surface area contributed by atoms with Gasteiger partial charge in [-0.15, -0.1) is 0 Å². The van der Waals surface area contributed by atoms with Crippen molar-refractivity contribution in [2.24, 2.45) is 5.73 Å².